The monoisotopic (exact) mass is 287 g/mol. The molecule has 8 heteroatoms. The number of pyridine rings is 1. The van der Waals surface area contributed by atoms with Crippen LogP contribution in [0.2, 0.25) is 0 Å². The standard InChI is InChI=1S/C12H12F3N3O2/c1-2-20-10(19)6-8-11(16)18-4-3-7(12(13,14)15)5-9(18)17-8/h3-5H,2,6,16H2,1H3. The molecule has 0 saturated heterocycles. The number of rotatable bonds is 3. The fourth-order valence-electron chi connectivity index (χ4n) is 1.77. The van der Waals surface area contributed by atoms with Gasteiger partial charge in [0.15, 0.2) is 0 Å². The zero-order valence-corrected chi connectivity index (χ0v) is 10.6. The Kier molecular flexibility index (Phi) is 3.56. The molecule has 0 aliphatic rings. The highest BCUT2D eigenvalue weighted by molar-refractivity contribution is 5.74. The van der Waals surface area contributed by atoms with Crippen LogP contribution in [-0.4, -0.2) is 22.0 Å². The maximum Gasteiger partial charge on any atom is 0.416 e. The fraction of sp³-hybridized carbons (Fsp3) is 0.333. The normalized spacial score (nSPS) is 11.8. The zero-order valence-electron chi connectivity index (χ0n) is 10.6. The Hall–Kier alpha value is -2.25. The van der Waals surface area contributed by atoms with Gasteiger partial charge in [-0.3, -0.25) is 9.20 Å². The van der Waals surface area contributed by atoms with E-state index in [0.717, 1.165) is 12.1 Å². The quantitative estimate of drug-likeness (QED) is 0.877. The zero-order chi connectivity index (χ0) is 14.9. The minimum Gasteiger partial charge on any atom is -0.466 e. The number of hydrogen-bond donors (Lipinski definition) is 1. The number of imidazole rings is 1. The number of ether oxygens (including phenoxy) is 1. The van der Waals surface area contributed by atoms with E-state index in [9.17, 15) is 18.0 Å². The molecule has 0 saturated carbocycles. The van der Waals surface area contributed by atoms with Gasteiger partial charge >= 0.3 is 12.1 Å². The molecule has 108 valence electrons. The van der Waals surface area contributed by atoms with E-state index in [2.05, 4.69) is 4.98 Å². The third-order valence-electron chi connectivity index (χ3n) is 2.68. The van der Waals surface area contributed by atoms with Gasteiger partial charge < -0.3 is 10.5 Å². The number of esters is 1. The van der Waals surface area contributed by atoms with E-state index in [4.69, 9.17) is 10.5 Å². The Balaban J connectivity index is 2.39. The van der Waals surface area contributed by atoms with Gasteiger partial charge in [0.05, 0.1) is 24.3 Å². The lowest BCUT2D eigenvalue weighted by Gasteiger charge is -2.06. The summed E-state index contributed by atoms with van der Waals surface area (Å²) in [6.07, 6.45) is -3.46. The van der Waals surface area contributed by atoms with Crippen LogP contribution >= 0.6 is 0 Å². The molecule has 0 aromatic carbocycles. The van der Waals surface area contributed by atoms with E-state index in [0.29, 0.717) is 0 Å². The van der Waals surface area contributed by atoms with Crippen LogP contribution < -0.4 is 5.73 Å². The average molecular weight is 287 g/mol. The largest absolute Gasteiger partial charge is 0.466 e. The molecule has 0 bridgehead atoms. The molecule has 0 unspecified atom stereocenters. The number of anilines is 1. The molecule has 2 rings (SSSR count). The van der Waals surface area contributed by atoms with E-state index in [1.807, 2.05) is 0 Å². The second-order valence-corrected chi connectivity index (χ2v) is 4.07. The number of carbonyl (C=O) groups excluding carboxylic acids is 1. The minimum atomic E-state index is -4.45. The van der Waals surface area contributed by atoms with E-state index < -0.39 is 17.7 Å². The molecule has 0 fully saturated rings. The van der Waals surface area contributed by atoms with E-state index in [1.54, 1.807) is 6.92 Å². The van der Waals surface area contributed by atoms with Crippen molar-refractivity contribution in [3.05, 3.63) is 29.6 Å². The molecular formula is C12H12F3N3O2. The first-order valence-electron chi connectivity index (χ1n) is 5.82. The van der Waals surface area contributed by atoms with Crippen LogP contribution in [0.4, 0.5) is 19.0 Å². The molecule has 0 aliphatic heterocycles. The van der Waals surface area contributed by atoms with Gasteiger partial charge in [-0.05, 0) is 19.1 Å². The predicted molar refractivity (Wildman–Crippen MR) is 64.9 cm³/mol. The summed E-state index contributed by atoms with van der Waals surface area (Å²) in [4.78, 5) is 15.3. The summed E-state index contributed by atoms with van der Waals surface area (Å²) in [5, 5.41) is 0. The van der Waals surface area contributed by atoms with Gasteiger partial charge in [-0.2, -0.15) is 13.2 Å². The molecule has 20 heavy (non-hydrogen) atoms. The van der Waals surface area contributed by atoms with Gasteiger partial charge in [0.25, 0.3) is 0 Å². The number of nitrogens with two attached hydrogens (primary N) is 1. The third-order valence-corrected chi connectivity index (χ3v) is 2.68. The number of fused-ring (bicyclic) bond motifs is 1. The number of aromatic nitrogens is 2. The molecule has 0 atom stereocenters. The highest BCUT2D eigenvalue weighted by Gasteiger charge is 2.31. The van der Waals surface area contributed by atoms with Crippen molar-refractivity contribution in [3.8, 4) is 0 Å². The Bertz CT molecular complexity index is 649. The molecular weight excluding hydrogens is 275 g/mol. The second kappa shape index (κ2) is 5.03. The summed E-state index contributed by atoms with van der Waals surface area (Å²) in [7, 11) is 0. The molecule has 2 aromatic rings. The molecule has 2 N–H and O–H groups in total. The summed E-state index contributed by atoms with van der Waals surface area (Å²) in [6, 6.07) is 1.78. The van der Waals surface area contributed by atoms with Crippen molar-refractivity contribution >= 4 is 17.4 Å². The van der Waals surface area contributed by atoms with Gasteiger partial charge in [-0.25, -0.2) is 4.98 Å². The Labute approximate surface area is 112 Å². The van der Waals surface area contributed by atoms with Crippen LogP contribution in [0.1, 0.15) is 18.2 Å². The molecule has 2 aromatic heterocycles. The molecule has 5 nitrogen and oxygen atoms in total. The first kappa shape index (κ1) is 14.2. The summed E-state index contributed by atoms with van der Waals surface area (Å²) >= 11 is 0. The SMILES string of the molecule is CCOC(=O)Cc1nc2cc(C(F)(F)F)ccn2c1N. The summed E-state index contributed by atoms with van der Waals surface area (Å²) in [5.74, 6) is -0.402. The Morgan fingerprint density at radius 2 is 2.20 bits per heavy atom. The fourth-order valence-corrected chi connectivity index (χ4v) is 1.77. The molecule has 0 aliphatic carbocycles. The lowest BCUT2D eigenvalue weighted by Crippen LogP contribution is -2.09. The van der Waals surface area contributed by atoms with Crippen LogP contribution in [-0.2, 0) is 22.1 Å². The number of hydrogen-bond acceptors (Lipinski definition) is 4. The molecule has 2 heterocycles. The number of halogens is 3. The minimum absolute atomic E-state index is 0.0385. The Morgan fingerprint density at radius 3 is 2.80 bits per heavy atom. The van der Waals surface area contributed by atoms with Gasteiger partial charge in [-0.15, -0.1) is 0 Å². The first-order chi connectivity index (χ1) is 9.32. The van der Waals surface area contributed by atoms with E-state index in [1.165, 1.54) is 10.6 Å². The maximum atomic E-state index is 12.6. The highest BCUT2D eigenvalue weighted by atomic mass is 19.4. The lowest BCUT2D eigenvalue weighted by atomic mass is 10.2. The van der Waals surface area contributed by atoms with Gasteiger partial charge in [-0.1, -0.05) is 0 Å². The number of nitrogen functional groups attached to an aromatic ring is 1. The molecule has 0 spiro atoms. The van der Waals surface area contributed by atoms with E-state index >= 15 is 0 Å². The smallest absolute Gasteiger partial charge is 0.416 e. The van der Waals surface area contributed by atoms with Crippen LogP contribution in [0.25, 0.3) is 5.65 Å². The van der Waals surface area contributed by atoms with Crippen molar-refractivity contribution in [3.63, 3.8) is 0 Å². The molecule has 0 amide bonds. The average Bonchev–Trinajstić information content (AvgIpc) is 2.65. The summed E-state index contributed by atoms with van der Waals surface area (Å²) < 4.78 is 43.8. The second-order valence-electron chi connectivity index (χ2n) is 4.07. The van der Waals surface area contributed by atoms with Crippen LogP contribution in [0.3, 0.4) is 0 Å². The van der Waals surface area contributed by atoms with Crippen LogP contribution in [0, 0.1) is 0 Å². The predicted octanol–water partition coefficient (Wildman–Crippen LogP) is 2.04. The number of alkyl halides is 3. The van der Waals surface area contributed by atoms with E-state index in [-0.39, 0.29) is 30.2 Å². The van der Waals surface area contributed by atoms with Crippen LogP contribution in [0.15, 0.2) is 18.3 Å². The maximum absolute atomic E-state index is 12.6. The topological polar surface area (TPSA) is 69.6 Å². The number of nitrogens with zero attached hydrogens (tertiary/aromatic N) is 2. The summed E-state index contributed by atoms with van der Waals surface area (Å²) in [5.41, 5.74) is 5.17. The lowest BCUT2D eigenvalue weighted by molar-refractivity contribution is -0.142. The van der Waals surface area contributed by atoms with Crippen molar-refractivity contribution in [1.29, 1.82) is 0 Å². The van der Waals surface area contributed by atoms with Gasteiger partial charge in [0.2, 0.25) is 0 Å². The Morgan fingerprint density at radius 1 is 1.50 bits per heavy atom. The van der Waals surface area contributed by atoms with Crippen molar-refractivity contribution in [2.24, 2.45) is 0 Å². The van der Waals surface area contributed by atoms with Crippen molar-refractivity contribution in [2.45, 2.75) is 19.5 Å². The van der Waals surface area contributed by atoms with Crippen molar-refractivity contribution in [1.82, 2.24) is 9.38 Å². The molecule has 0 radical (unpaired) electrons. The number of carbonyl (C=O) groups is 1. The van der Waals surface area contributed by atoms with Crippen molar-refractivity contribution < 1.29 is 22.7 Å². The first-order valence-corrected chi connectivity index (χ1v) is 5.82. The van der Waals surface area contributed by atoms with Gasteiger partial charge in [0, 0.05) is 6.20 Å². The summed E-state index contributed by atoms with van der Waals surface area (Å²) in [6.45, 7) is 1.87. The highest BCUT2D eigenvalue weighted by Crippen LogP contribution is 2.30. The third kappa shape index (κ3) is 2.68. The van der Waals surface area contributed by atoms with Crippen molar-refractivity contribution in [2.75, 3.05) is 12.3 Å². The van der Waals surface area contributed by atoms with Gasteiger partial charge in [0.1, 0.15) is 11.5 Å². The van der Waals surface area contributed by atoms with Crippen LogP contribution in [0.5, 0.6) is 0 Å².